The highest BCUT2D eigenvalue weighted by atomic mass is 16.5. The van der Waals surface area contributed by atoms with Crippen LogP contribution in [0, 0.1) is 5.92 Å². The lowest BCUT2D eigenvalue weighted by Crippen LogP contribution is -2.65. The maximum absolute atomic E-state index is 11.1. The van der Waals surface area contributed by atoms with Crippen molar-refractivity contribution < 1.29 is 20.0 Å². The van der Waals surface area contributed by atoms with Crippen LogP contribution in [0.3, 0.4) is 0 Å². The average Bonchev–Trinajstić information content (AvgIpc) is 2.10. The SMILES string of the molecule is CC(C)OCC([NH3+])COC(=O)C(C)C. The second-order valence-electron chi connectivity index (χ2n) is 4.03. The van der Waals surface area contributed by atoms with Crippen LogP contribution in [0.25, 0.3) is 0 Å². The van der Waals surface area contributed by atoms with Crippen molar-refractivity contribution in [3.63, 3.8) is 0 Å². The molecule has 0 aliphatic carbocycles. The van der Waals surface area contributed by atoms with E-state index >= 15 is 0 Å². The molecule has 0 spiro atoms. The Labute approximate surface area is 85.8 Å². The molecule has 4 heteroatoms. The average molecular weight is 204 g/mol. The van der Waals surface area contributed by atoms with E-state index in [1.54, 1.807) is 0 Å². The Morgan fingerprint density at radius 1 is 1.21 bits per heavy atom. The summed E-state index contributed by atoms with van der Waals surface area (Å²) >= 11 is 0. The third-order valence-corrected chi connectivity index (χ3v) is 1.60. The maximum atomic E-state index is 11.1. The summed E-state index contributed by atoms with van der Waals surface area (Å²) in [6, 6.07) is 0.0140. The summed E-state index contributed by atoms with van der Waals surface area (Å²) < 4.78 is 10.4. The molecule has 4 nitrogen and oxygen atoms in total. The molecule has 0 radical (unpaired) electrons. The van der Waals surface area contributed by atoms with E-state index in [-0.39, 0.29) is 24.0 Å². The van der Waals surface area contributed by atoms with Gasteiger partial charge in [-0.3, -0.25) is 4.79 Å². The lowest BCUT2D eigenvalue weighted by atomic mass is 10.2. The predicted molar refractivity (Wildman–Crippen MR) is 53.6 cm³/mol. The predicted octanol–water partition coefficient (Wildman–Crippen LogP) is 0.221. The molecule has 3 N–H and O–H groups in total. The number of hydrogen-bond donors (Lipinski definition) is 1. The second kappa shape index (κ2) is 6.79. The Hall–Kier alpha value is -0.610. The number of quaternary nitrogens is 1. The first-order valence-corrected chi connectivity index (χ1v) is 5.04. The van der Waals surface area contributed by atoms with Gasteiger partial charge in [0.15, 0.2) is 0 Å². The van der Waals surface area contributed by atoms with E-state index in [2.05, 4.69) is 5.73 Å². The highest BCUT2D eigenvalue weighted by Crippen LogP contribution is 1.96. The smallest absolute Gasteiger partial charge is 0.308 e. The summed E-state index contributed by atoms with van der Waals surface area (Å²) in [6.07, 6.45) is 0.194. The van der Waals surface area contributed by atoms with Crippen LogP contribution in [0.5, 0.6) is 0 Å². The lowest BCUT2D eigenvalue weighted by Gasteiger charge is -2.13. The number of rotatable bonds is 6. The summed E-state index contributed by atoms with van der Waals surface area (Å²) in [5.41, 5.74) is 3.84. The zero-order chi connectivity index (χ0) is 11.1. The largest absolute Gasteiger partial charge is 0.459 e. The quantitative estimate of drug-likeness (QED) is 0.630. The molecule has 1 atom stereocenters. The molecule has 0 rings (SSSR count). The third-order valence-electron chi connectivity index (χ3n) is 1.60. The summed E-state index contributed by atoms with van der Waals surface area (Å²) in [6.45, 7) is 8.42. The topological polar surface area (TPSA) is 63.2 Å². The van der Waals surface area contributed by atoms with E-state index < -0.39 is 0 Å². The van der Waals surface area contributed by atoms with Crippen LogP contribution in [0.15, 0.2) is 0 Å². The lowest BCUT2D eigenvalue weighted by molar-refractivity contribution is -0.433. The van der Waals surface area contributed by atoms with Crippen LogP contribution in [-0.4, -0.2) is 31.3 Å². The van der Waals surface area contributed by atoms with Crippen LogP contribution in [-0.2, 0) is 14.3 Å². The molecule has 0 aromatic heterocycles. The first-order valence-electron chi connectivity index (χ1n) is 5.04. The van der Waals surface area contributed by atoms with Gasteiger partial charge in [0.2, 0.25) is 0 Å². The Balaban J connectivity index is 3.53. The molecule has 0 aliphatic rings. The molecule has 0 aromatic rings. The van der Waals surface area contributed by atoms with Crippen molar-refractivity contribution in [1.82, 2.24) is 0 Å². The zero-order valence-corrected chi connectivity index (χ0v) is 9.58. The van der Waals surface area contributed by atoms with Gasteiger partial charge in [0.05, 0.1) is 12.0 Å². The van der Waals surface area contributed by atoms with Crippen LogP contribution in [0.4, 0.5) is 0 Å². The van der Waals surface area contributed by atoms with Gasteiger partial charge in [0.1, 0.15) is 19.3 Å². The van der Waals surface area contributed by atoms with Crippen LogP contribution < -0.4 is 5.73 Å². The molecule has 84 valence electrons. The van der Waals surface area contributed by atoms with Crippen molar-refractivity contribution in [2.24, 2.45) is 5.92 Å². The maximum Gasteiger partial charge on any atom is 0.308 e. The highest BCUT2D eigenvalue weighted by Gasteiger charge is 2.13. The fourth-order valence-corrected chi connectivity index (χ4v) is 0.743. The van der Waals surface area contributed by atoms with Crippen LogP contribution in [0.2, 0.25) is 0 Å². The van der Waals surface area contributed by atoms with Crippen LogP contribution >= 0.6 is 0 Å². The van der Waals surface area contributed by atoms with Crippen molar-refractivity contribution in [2.75, 3.05) is 13.2 Å². The van der Waals surface area contributed by atoms with Gasteiger partial charge in [0, 0.05) is 0 Å². The highest BCUT2D eigenvalue weighted by molar-refractivity contribution is 5.71. The molecular formula is C10H22NO3+. The molecule has 0 bridgehead atoms. The molecule has 0 amide bonds. The minimum absolute atomic E-state index is 0.0140. The van der Waals surface area contributed by atoms with Gasteiger partial charge in [0.25, 0.3) is 0 Å². The van der Waals surface area contributed by atoms with Gasteiger partial charge in [-0.1, -0.05) is 13.8 Å². The Kier molecular flexibility index (Phi) is 6.49. The number of carbonyl (C=O) groups is 1. The van der Waals surface area contributed by atoms with Gasteiger partial charge in [-0.05, 0) is 13.8 Å². The summed E-state index contributed by atoms with van der Waals surface area (Å²) in [5.74, 6) is -0.253. The normalized spacial score (nSPS) is 13.4. The van der Waals surface area contributed by atoms with Gasteiger partial charge in [-0.2, -0.15) is 0 Å². The van der Waals surface area contributed by atoms with E-state index in [1.807, 2.05) is 27.7 Å². The molecule has 0 saturated heterocycles. The Morgan fingerprint density at radius 2 is 1.79 bits per heavy atom. The van der Waals surface area contributed by atoms with Crippen molar-refractivity contribution in [3.8, 4) is 0 Å². The van der Waals surface area contributed by atoms with Crippen molar-refractivity contribution in [2.45, 2.75) is 39.8 Å². The van der Waals surface area contributed by atoms with Gasteiger partial charge >= 0.3 is 5.97 Å². The third kappa shape index (κ3) is 6.86. The second-order valence-corrected chi connectivity index (χ2v) is 4.03. The monoisotopic (exact) mass is 204 g/mol. The number of esters is 1. The minimum Gasteiger partial charge on any atom is -0.459 e. The minimum atomic E-state index is -0.178. The molecule has 0 aliphatic heterocycles. The van der Waals surface area contributed by atoms with Crippen LogP contribution in [0.1, 0.15) is 27.7 Å². The molecule has 0 heterocycles. The number of hydrogen-bond acceptors (Lipinski definition) is 3. The first kappa shape index (κ1) is 13.4. The van der Waals surface area contributed by atoms with Crippen molar-refractivity contribution in [3.05, 3.63) is 0 Å². The molecule has 1 unspecified atom stereocenters. The summed E-state index contributed by atoms with van der Waals surface area (Å²) in [5, 5.41) is 0. The van der Waals surface area contributed by atoms with E-state index in [0.717, 1.165) is 0 Å². The molecule has 0 fully saturated rings. The van der Waals surface area contributed by atoms with E-state index in [0.29, 0.717) is 13.2 Å². The number of carbonyl (C=O) groups excluding carboxylic acids is 1. The summed E-state index contributed by atoms with van der Waals surface area (Å²) in [7, 11) is 0. The molecular weight excluding hydrogens is 182 g/mol. The first-order chi connectivity index (χ1) is 6.43. The standard InChI is InChI=1S/C10H21NO3/c1-7(2)10(12)14-6-9(11)5-13-8(3)4/h7-9H,5-6,11H2,1-4H3/p+1. The fourth-order valence-electron chi connectivity index (χ4n) is 0.743. The Bertz CT molecular complexity index is 169. The van der Waals surface area contributed by atoms with Crippen molar-refractivity contribution in [1.29, 1.82) is 0 Å². The van der Waals surface area contributed by atoms with Crippen molar-refractivity contribution >= 4 is 5.97 Å². The molecule has 14 heavy (non-hydrogen) atoms. The van der Waals surface area contributed by atoms with E-state index in [9.17, 15) is 4.79 Å². The zero-order valence-electron chi connectivity index (χ0n) is 9.58. The van der Waals surface area contributed by atoms with E-state index in [1.165, 1.54) is 0 Å². The molecule has 0 aromatic carbocycles. The fraction of sp³-hybridized carbons (Fsp3) is 0.900. The number of ether oxygens (including phenoxy) is 2. The van der Waals surface area contributed by atoms with E-state index in [4.69, 9.17) is 9.47 Å². The Morgan fingerprint density at radius 3 is 2.21 bits per heavy atom. The van der Waals surface area contributed by atoms with Gasteiger partial charge < -0.3 is 15.2 Å². The van der Waals surface area contributed by atoms with Gasteiger partial charge in [-0.25, -0.2) is 0 Å². The molecule has 0 saturated carbocycles. The summed E-state index contributed by atoms with van der Waals surface area (Å²) in [4.78, 5) is 11.1. The van der Waals surface area contributed by atoms with Gasteiger partial charge in [-0.15, -0.1) is 0 Å².